The molecule has 1 aliphatic heterocycles. The van der Waals surface area contributed by atoms with Crippen LogP contribution in [0.2, 0.25) is 0 Å². The molecule has 1 aliphatic rings. The maximum atomic E-state index is 13.8. The SMILES string of the molecule is CC[C@@H](C)NC(=O)CN1C(=O)CS[C@@H](c2cccs2)c2c(-c3ccccc3)nn(-c3ccc(F)cc3)c21. The highest BCUT2D eigenvalue weighted by Gasteiger charge is 2.38. The van der Waals surface area contributed by atoms with E-state index in [-0.39, 0.29) is 41.2 Å². The summed E-state index contributed by atoms with van der Waals surface area (Å²) in [6, 6.07) is 19.9. The summed E-state index contributed by atoms with van der Waals surface area (Å²) >= 11 is 3.16. The van der Waals surface area contributed by atoms with Gasteiger partial charge in [0, 0.05) is 22.0 Å². The Morgan fingerprint density at radius 2 is 1.89 bits per heavy atom. The average molecular weight is 535 g/mol. The van der Waals surface area contributed by atoms with Crippen LogP contribution in [0.15, 0.2) is 72.1 Å². The van der Waals surface area contributed by atoms with Crippen molar-refractivity contribution in [2.45, 2.75) is 31.6 Å². The summed E-state index contributed by atoms with van der Waals surface area (Å²) < 4.78 is 15.5. The Morgan fingerprint density at radius 3 is 2.57 bits per heavy atom. The fraction of sp³-hybridized carbons (Fsp3) is 0.250. The molecule has 0 unspecified atom stereocenters. The highest BCUT2D eigenvalue weighted by Crippen LogP contribution is 2.49. The summed E-state index contributed by atoms with van der Waals surface area (Å²) in [7, 11) is 0. The molecule has 2 amide bonds. The highest BCUT2D eigenvalue weighted by atomic mass is 32.2. The molecule has 0 radical (unpaired) electrons. The predicted molar refractivity (Wildman–Crippen MR) is 148 cm³/mol. The van der Waals surface area contributed by atoms with E-state index in [0.29, 0.717) is 11.5 Å². The molecule has 4 aromatic rings. The fourth-order valence-electron chi connectivity index (χ4n) is 4.32. The number of carbonyl (C=O) groups excluding carboxylic acids is 2. The van der Waals surface area contributed by atoms with Gasteiger partial charge in [0.1, 0.15) is 18.2 Å². The standard InChI is InChI=1S/C28H27FN4O2S2/c1-3-18(2)30-23(34)16-32-24(35)17-37-27(22-10-7-15-36-22)25-26(19-8-5-4-6-9-19)31-33(28(25)32)21-13-11-20(29)12-14-21/h4-15,18,27H,3,16-17H2,1-2H3,(H,30,34)/t18-,27+/m1/s1. The monoisotopic (exact) mass is 534 g/mol. The summed E-state index contributed by atoms with van der Waals surface area (Å²) in [6.07, 6.45) is 0.785. The Labute approximate surface area is 223 Å². The van der Waals surface area contributed by atoms with Crippen LogP contribution in [0.5, 0.6) is 0 Å². The molecule has 2 atom stereocenters. The summed E-state index contributed by atoms with van der Waals surface area (Å²) in [6.45, 7) is 3.81. The zero-order chi connectivity index (χ0) is 25.9. The first kappa shape index (κ1) is 25.2. The van der Waals surface area contributed by atoms with Gasteiger partial charge in [-0.2, -0.15) is 5.10 Å². The third-order valence-electron chi connectivity index (χ3n) is 6.33. The van der Waals surface area contributed by atoms with Crippen LogP contribution in [0.25, 0.3) is 16.9 Å². The van der Waals surface area contributed by atoms with Crippen molar-refractivity contribution in [1.82, 2.24) is 15.1 Å². The van der Waals surface area contributed by atoms with Crippen LogP contribution in [-0.4, -0.2) is 39.9 Å². The van der Waals surface area contributed by atoms with Gasteiger partial charge in [-0.25, -0.2) is 9.07 Å². The van der Waals surface area contributed by atoms with Gasteiger partial charge in [-0.05, 0) is 49.1 Å². The summed E-state index contributed by atoms with van der Waals surface area (Å²) in [4.78, 5) is 29.3. The van der Waals surface area contributed by atoms with Crippen molar-refractivity contribution in [2.24, 2.45) is 0 Å². The molecule has 0 fully saturated rings. The minimum Gasteiger partial charge on any atom is -0.352 e. The molecule has 190 valence electrons. The van der Waals surface area contributed by atoms with Gasteiger partial charge in [-0.1, -0.05) is 43.3 Å². The van der Waals surface area contributed by atoms with E-state index in [1.165, 1.54) is 28.8 Å². The number of nitrogens with zero attached hydrogens (tertiary/aromatic N) is 3. The first-order chi connectivity index (χ1) is 18.0. The summed E-state index contributed by atoms with van der Waals surface area (Å²) in [5, 5.41) is 9.83. The van der Waals surface area contributed by atoms with E-state index in [2.05, 4.69) is 11.4 Å². The van der Waals surface area contributed by atoms with Gasteiger partial charge in [0.2, 0.25) is 11.8 Å². The molecule has 2 aromatic carbocycles. The molecule has 0 spiro atoms. The Bertz CT molecular complexity index is 1390. The third-order valence-corrected chi connectivity index (χ3v) is 8.65. The number of fused-ring (bicyclic) bond motifs is 1. The van der Waals surface area contributed by atoms with Gasteiger partial charge in [0.15, 0.2) is 0 Å². The van der Waals surface area contributed by atoms with Gasteiger partial charge in [-0.3, -0.25) is 14.5 Å². The van der Waals surface area contributed by atoms with Gasteiger partial charge >= 0.3 is 0 Å². The van der Waals surface area contributed by atoms with Crippen molar-refractivity contribution < 1.29 is 14.0 Å². The third kappa shape index (κ3) is 5.19. The van der Waals surface area contributed by atoms with E-state index in [4.69, 9.17) is 5.10 Å². The first-order valence-corrected chi connectivity index (χ1v) is 14.1. The maximum Gasteiger partial charge on any atom is 0.240 e. The predicted octanol–water partition coefficient (Wildman–Crippen LogP) is 5.82. The second-order valence-electron chi connectivity index (χ2n) is 8.90. The Kier molecular flexibility index (Phi) is 7.43. The van der Waals surface area contributed by atoms with E-state index >= 15 is 0 Å². The van der Waals surface area contributed by atoms with Crippen LogP contribution in [0, 0.1) is 5.82 Å². The largest absolute Gasteiger partial charge is 0.352 e. The molecule has 1 N–H and O–H groups in total. The van der Waals surface area contributed by atoms with Crippen molar-refractivity contribution >= 4 is 40.7 Å². The summed E-state index contributed by atoms with van der Waals surface area (Å²) in [5.74, 6) is -0.0176. The normalized spacial score (nSPS) is 16.2. The smallest absolute Gasteiger partial charge is 0.240 e. The number of hydrogen-bond acceptors (Lipinski definition) is 5. The lowest BCUT2D eigenvalue weighted by atomic mass is 10.0. The van der Waals surface area contributed by atoms with Crippen LogP contribution >= 0.6 is 23.1 Å². The van der Waals surface area contributed by atoms with E-state index in [0.717, 1.165) is 28.1 Å². The number of thioether (sulfide) groups is 1. The number of hydrogen-bond donors (Lipinski definition) is 1. The number of thiophene rings is 1. The number of amides is 2. The van der Waals surface area contributed by atoms with Crippen LogP contribution in [0.1, 0.15) is 36.0 Å². The van der Waals surface area contributed by atoms with Crippen LogP contribution in [0.3, 0.4) is 0 Å². The lowest BCUT2D eigenvalue weighted by Gasteiger charge is -2.24. The minimum atomic E-state index is -0.363. The Morgan fingerprint density at radius 1 is 1.14 bits per heavy atom. The molecule has 6 nitrogen and oxygen atoms in total. The van der Waals surface area contributed by atoms with Crippen molar-refractivity contribution in [3.05, 3.63) is 88.4 Å². The second-order valence-corrected chi connectivity index (χ2v) is 11.0. The number of aromatic nitrogens is 2. The van der Waals surface area contributed by atoms with E-state index in [9.17, 15) is 14.0 Å². The number of anilines is 1. The minimum absolute atomic E-state index is 0.0100. The fourth-order valence-corrected chi connectivity index (χ4v) is 6.50. The van der Waals surface area contributed by atoms with Gasteiger partial charge in [0.25, 0.3) is 0 Å². The number of nitrogens with one attached hydrogen (secondary N) is 1. The van der Waals surface area contributed by atoms with E-state index in [1.54, 1.807) is 28.2 Å². The van der Waals surface area contributed by atoms with Crippen LogP contribution in [-0.2, 0) is 9.59 Å². The zero-order valence-corrected chi connectivity index (χ0v) is 22.2. The topological polar surface area (TPSA) is 67.2 Å². The Balaban J connectivity index is 1.75. The van der Waals surface area contributed by atoms with Gasteiger partial charge in [0.05, 0.1) is 22.4 Å². The van der Waals surface area contributed by atoms with Crippen molar-refractivity contribution in [3.63, 3.8) is 0 Å². The molecule has 2 aromatic heterocycles. The van der Waals surface area contributed by atoms with Crippen molar-refractivity contribution in [2.75, 3.05) is 17.2 Å². The number of rotatable bonds is 7. The summed E-state index contributed by atoms with van der Waals surface area (Å²) in [5.41, 5.74) is 3.11. The molecule has 0 bridgehead atoms. The molecule has 3 heterocycles. The average Bonchev–Trinajstić information content (AvgIpc) is 3.55. The van der Waals surface area contributed by atoms with Gasteiger partial charge in [-0.15, -0.1) is 23.1 Å². The molecule has 5 rings (SSSR count). The molecular formula is C28H27FN4O2S2. The van der Waals surface area contributed by atoms with Crippen LogP contribution < -0.4 is 10.2 Å². The quantitative estimate of drug-likeness (QED) is 0.324. The molecule has 0 saturated heterocycles. The second kappa shape index (κ2) is 10.9. The highest BCUT2D eigenvalue weighted by molar-refractivity contribution is 8.00. The first-order valence-electron chi connectivity index (χ1n) is 12.1. The molecule has 9 heteroatoms. The maximum absolute atomic E-state index is 13.8. The molecular weight excluding hydrogens is 507 g/mol. The Hall–Kier alpha value is -3.43. The van der Waals surface area contributed by atoms with Gasteiger partial charge < -0.3 is 5.32 Å². The van der Waals surface area contributed by atoms with E-state index in [1.807, 2.05) is 55.6 Å². The van der Waals surface area contributed by atoms with Crippen LogP contribution in [0.4, 0.5) is 10.2 Å². The lowest BCUT2D eigenvalue weighted by Crippen LogP contribution is -2.44. The van der Waals surface area contributed by atoms with Crippen molar-refractivity contribution in [1.29, 1.82) is 0 Å². The number of benzene rings is 2. The number of halogens is 1. The lowest BCUT2D eigenvalue weighted by molar-refractivity contribution is -0.123. The molecule has 0 aliphatic carbocycles. The number of carbonyl (C=O) groups is 2. The van der Waals surface area contributed by atoms with E-state index < -0.39 is 0 Å². The molecule has 37 heavy (non-hydrogen) atoms. The zero-order valence-electron chi connectivity index (χ0n) is 20.6. The molecule has 0 saturated carbocycles. The van der Waals surface area contributed by atoms with Crippen molar-refractivity contribution in [3.8, 4) is 16.9 Å².